The fourth-order valence-corrected chi connectivity index (χ4v) is 0. The smallest absolute Gasteiger partial charge is 0.284 e. The van der Waals surface area contributed by atoms with Gasteiger partial charge in [-0.05, 0) is 0 Å². The van der Waals surface area contributed by atoms with Crippen molar-refractivity contribution < 1.29 is 68.7 Å². The van der Waals surface area contributed by atoms with Crippen LogP contribution in [0.5, 0.6) is 0 Å². The number of hydrogen-bond acceptors (Lipinski definition) is 1. The monoisotopic (exact) mass is 486 g/mol. The molecule has 0 atom stereocenters. The molecule has 0 aliphatic rings. The first-order valence-corrected chi connectivity index (χ1v) is 1.60. The number of rotatable bonds is 0. The van der Waals surface area contributed by atoms with E-state index in [4.69, 9.17) is 13.3 Å². The Kier molecular flexibility index (Phi) is 26.2. The fourth-order valence-electron chi connectivity index (χ4n) is 0. The summed E-state index contributed by atoms with van der Waals surface area (Å²) in [6.07, 6.45) is 0. The third kappa shape index (κ3) is 38.5. The number of hydrogen-bond donors (Lipinski definition) is 2. The van der Waals surface area contributed by atoms with Crippen LogP contribution in [0, 0.1) is 0 Å². The summed E-state index contributed by atoms with van der Waals surface area (Å²) in [5.41, 5.74) is 0. The molecular formula is H2Hg2O3S. The molecule has 0 aliphatic heterocycles. The second-order valence-corrected chi connectivity index (χ2v) is 0.692. The maximum Gasteiger partial charge on any atom is 0.299 e. The first kappa shape index (κ1) is 15.7. The van der Waals surface area contributed by atoms with Crippen molar-refractivity contribution in [3.05, 3.63) is 0 Å². The van der Waals surface area contributed by atoms with Crippen LogP contribution in [0.4, 0.5) is 0 Å². The minimum absolute atomic E-state index is 0. The molecule has 0 aromatic heterocycles. The average molecular weight is 483 g/mol. The molecule has 0 fully saturated rings. The van der Waals surface area contributed by atoms with Crippen LogP contribution in [0.25, 0.3) is 0 Å². The van der Waals surface area contributed by atoms with Gasteiger partial charge in [0.05, 0.1) is 0 Å². The van der Waals surface area contributed by atoms with Crippen LogP contribution >= 0.6 is 0 Å². The van der Waals surface area contributed by atoms with Gasteiger partial charge >= 0.3 is 0 Å². The molecule has 0 aliphatic carbocycles. The molecule has 0 saturated heterocycles. The van der Waals surface area contributed by atoms with Crippen molar-refractivity contribution in [2.75, 3.05) is 0 Å². The minimum atomic E-state index is -2.61. The molecule has 0 saturated carbocycles. The standard InChI is InChI=1S/2Hg.H2O3S/c;;1-4(2)3/h;;(H2,1,2,3). The van der Waals surface area contributed by atoms with E-state index in [1.165, 1.54) is 0 Å². The topological polar surface area (TPSA) is 57.5 Å². The summed E-state index contributed by atoms with van der Waals surface area (Å²) in [5, 5.41) is 0. The summed E-state index contributed by atoms with van der Waals surface area (Å²) in [6, 6.07) is 0. The van der Waals surface area contributed by atoms with E-state index in [0.717, 1.165) is 0 Å². The van der Waals surface area contributed by atoms with E-state index in [0.29, 0.717) is 0 Å². The Morgan fingerprint density at radius 2 is 1.17 bits per heavy atom. The Hall–Kier alpha value is 1.94. The van der Waals surface area contributed by atoms with Gasteiger partial charge in [-0.1, -0.05) is 0 Å². The molecule has 6 heavy (non-hydrogen) atoms. The third-order valence-corrected chi connectivity index (χ3v) is 0. The SMILES string of the molecule is O=S(O)O.[Hg].[Hg]. The molecule has 3 nitrogen and oxygen atoms in total. The molecule has 0 rings (SSSR count). The van der Waals surface area contributed by atoms with Crippen LogP contribution in [0.3, 0.4) is 0 Å². The zero-order chi connectivity index (χ0) is 3.58. The van der Waals surface area contributed by atoms with Gasteiger partial charge < -0.3 is 0 Å². The van der Waals surface area contributed by atoms with Crippen molar-refractivity contribution in [3.8, 4) is 0 Å². The molecule has 0 aromatic rings. The maximum absolute atomic E-state index is 8.67. The Morgan fingerprint density at radius 3 is 1.17 bits per heavy atom. The third-order valence-electron chi connectivity index (χ3n) is 0. The van der Waals surface area contributed by atoms with E-state index >= 15 is 0 Å². The van der Waals surface area contributed by atoms with Crippen LogP contribution in [0.15, 0.2) is 0 Å². The summed E-state index contributed by atoms with van der Waals surface area (Å²) in [6.45, 7) is 0. The molecule has 0 radical (unpaired) electrons. The molecule has 0 unspecified atom stereocenters. The fraction of sp³-hybridized carbons (Fsp3) is 0. The Balaban J connectivity index is -0.0000000450. The zero-order valence-corrected chi connectivity index (χ0v) is 14.9. The van der Waals surface area contributed by atoms with Crippen molar-refractivity contribution >= 4 is 11.4 Å². The van der Waals surface area contributed by atoms with Crippen LogP contribution < -0.4 is 0 Å². The maximum atomic E-state index is 8.67. The predicted octanol–water partition coefficient (Wildman–Crippen LogP) is -0.324. The van der Waals surface area contributed by atoms with E-state index in [1.54, 1.807) is 0 Å². The molecule has 0 amide bonds. The van der Waals surface area contributed by atoms with Gasteiger partial charge in [-0.25, -0.2) is 0 Å². The molecule has 30 valence electrons. The minimum Gasteiger partial charge on any atom is -0.284 e. The van der Waals surface area contributed by atoms with Gasteiger partial charge in [0, 0.05) is 55.3 Å². The quantitative estimate of drug-likeness (QED) is 0.367. The summed E-state index contributed by atoms with van der Waals surface area (Å²) < 4.78 is 22.8. The van der Waals surface area contributed by atoms with Gasteiger partial charge in [0.15, 0.2) is 0 Å². The van der Waals surface area contributed by atoms with Gasteiger partial charge in [0.25, 0.3) is 11.4 Å². The first-order chi connectivity index (χ1) is 1.73. The van der Waals surface area contributed by atoms with Crippen molar-refractivity contribution in [1.82, 2.24) is 0 Å². The van der Waals surface area contributed by atoms with Crippen molar-refractivity contribution in [2.45, 2.75) is 0 Å². The summed E-state index contributed by atoms with van der Waals surface area (Å²) >= 11 is -2.61. The van der Waals surface area contributed by atoms with Gasteiger partial charge in [-0.15, -0.1) is 0 Å². The molecule has 0 spiro atoms. The van der Waals surface area contributed by atoms with E-state index in [-0.39, 0.29) is 55.3 Å². The Bertz CT molecular complexity index is 31.8. The molecule has 0 heterocycles. The predicted molar refractivity (Wildman–Crippen MR) is 13.4 cm³/mol. The van der Waals surface area contributed by atoms with Crippen molar-refractivity contribution in [3.63, 3.8) is 0 Å². The van der Waals surface area contributed by atoms with E-state index < -0.39 is 11.4 Å². The normalized spacial score (nSPS) is 5.83. The van der Waals surface area contributed by atoms with Crippen LogP contribution in [0.2, 0.25) is 0 Å². The molecular weight excluding hydrogens is 481 g/mol. The second-order valence-electron chi connectivity index (χ2n) is 0.231. The van der Waals surface area contributed by atoms with Crippen molar-refractivity contribution in [1.29, 1.82) is 0 Å². The summed E-state index contributed by atoms with van der Waals surface area (Å²) in [7, 11) is 0. The second kappa shape index (κ2) is 10.0. The van der Waals surface area contributed by atoms with Crippen LogP contribution in [-0.4, -0.2) is 13.3 Å². The molecule has 0 aromatic carbocycles. The van der Waals surface area contributed by atoms with Gasteiger partial charge in [-0.2, -0.15) is 4.21 Å². The summed E-state index contributed by atoms with van der Waals surface area (Å²) in [4.78, 5) is 0. The van der Waals surface area contributed by atoms with Crippen LogP contribution in [-0.2, 0) is 66.7 Å². The van der Waals surface area contributed by atoms with Crippen molar-refractivity contribution in [2.24, 2.45) is 0 Å². The largest absolute Gasteiger partial charge is 0.299 e. The van der Waals surface area contributed by atoms with Gasteiger partial charge in [-0.3, -0.25) is 9.11 Å². The molecule has 0 bridgehead atoms. The van der Waals surface area contributed by atoms with Crippen LogP contribution in [0.1, 0.15) is 0 Å². The summed E-state index contributed by atoms with van der Waals surface area (Å²) in [5.74, 6) is 0. The molecule has 2 N–H and O–H groups in total. The average Bonchev–Trinajstić information content (AvgIpc) is 0.811. The van der Waals surface area contributed by atoms with Gasteiger partial charge in [0.1, 0.15) is 0 Å². The van der Waals surface area contributed by atoms with Gasteiger partial charge in [0.2, 0.25) is 0 Å². The Morgan fingerprint density at radius 1 is 1.17 bits per heavy atom. The Labute approximate surface area is 79.0 Å². The van der Waals surface area contributed by atoms with E-state index in [1.807, 2.05) is 0 Å². The first-order valence-electron chi connectivity index (χ1n) is 0.532. The zero-order valence-electron chi connectivity index (χ0n) is 3.13. The molecule has 6 heteroatoms. The van der Waals surface area contributed by atoms with E-state index in [9.17, 15) is 0 Å². The van der Waals surface area contributed by atoms with E-state index in [2.05, 4.69) is 0 Å².